The molecule has 1 saturated heterocycles. The topological polar surface area (TPSA) is 94.5 Å². The van der Waals surface area contributed by atoms with Crippen LogP contribution in [-0.2, 0) is 24.9 Å². The third-order valence-electron chi connectivity index (χ3n) is 6.49. The van der Waals surface area contributed by atoms with Crippen LogP contribution in [0.3, 0.4) is 0 Å². The Bertz CT molecular complexity index is 878. The first-order valence-electron chi connectivity index (χ1n) is 8.94. The van der Waals surface area contributed by atoms with Crippen LogP contribution in [0.5, 0.6) is 5.75 Å². The number of phosphoric acid groups is 1. The van der Waals surface area contributed by atoms with Crippen LogP contribution in [0, 0.1) is 17.8 Å². The Hall–Kier alpha value is -0.920. The highest BCUT2D eigenvalue weighted by Crippen LogP contribution is 2.67. The van der Waals surface area contributed by atoms with Crippen LogP contribution in [0.1, 0.15) is 31.2 Å². The molecule has 0 radical (unpaired) electrons. The number of phosphoric ester groups is 1. The standard InChI is InChI=1S/C18H20ClO7P/c1-23-18(12-2-3-15(19)16(9-12)24-27(20,21)22)17(25-26-18)13-5-10-4-11(7-13)8-14(17)6-10/h2-3,5,9,11,13-14H,4,6-8H2,1H3,(H2,20,21,22)/t11-,13+,14-,17?,18?/m1/s1. The van der Waals surface area contributed by atoms with Gasteiger partial charge in [0.25, 0.3) is 5.79 Å². The number of rotatable bonds is 4. The number of hydrogen-bond acceptors (Lipinski definition) is 5. The summed E-state index contributed by atoms with van der Waals surface area (Å²) in [5.41, 5.74) is 1.39. The monoisotopic (exact) mass is 414 g/mol. The maximum atomic E-state index is 11.3. The number of hydrogen-bond donors (Lipinski definition) is 2. The first-order chi connectivity index (χ1) is 12.8. The Balaban J connectivity index is 1.60. The first kappa shape index (κ1) is 18.1. The van der Waals surface area contributed by atoms with Crippen LogP contribution < -0.4 is 4.52 Å². The fourth-order valence-corrected chi connectivity index (χ4v) is 6.26. The summed E-state index contributed by atoms with van der Waals surface area (Å²) in [4.78, 5) is 29.8. The molecule has 146 valence electrons. The summed E-state index contributed by atoms with van der Waals surface area (Å²) in [7, 11) is -3.20. The Morgan fingerprint density at radius 1 is 1.26 bits per heavy atom. The molecule has 5 atom stereocenters. The van der Waals surface area contributed by atoms with Crippen molar-refractivity contribution in [1.82, 2.24) is 0 Å². The number of halogens is 1. The minimum atomic E-state index is -4.75. The van der Waals surface area contributed by atoms with E-state index in [1.165, 1.54) is 24.1 Å². The summed E-state index contributed by atoms with van der Waals surface area (Å²) in [5.74, 6) is -0.173. The van der Waals surface area contributed by atoms with Gasteiger partial charge in [-0.2, -0.15) is 4.89 Å². The lowest BCUT2D eigenvalue weighted by molar-refractivity contribution is -0.639. The lowest BCUT2D eigenvalue weighted by Crippen LogP contribution is -2.75. The number of ether oxygens (including phenoxy) is 1. The number of methoxy groups -OCH3 is 1. The van der Waals surface area contributed by atoms with E-state index in [1.54, 1.807) is 13.2 Å². The maximum Gasteiger partial charge on any atom is 0.524 e. The lowest BCUT2D eigenvalue weighted by Gasteiger charge is -2.66. The zero-order chi connectivity index (χ0) is 19.0. The van der Waals surface area contributed by atoms with E-state index in [9.17, 15) is 4.57 Å². The quantitative estimate of drug-likeness (QED) is 0.441. The van der Waals surface area contributed by atoms with E-state index < -0.39 is 19.2 Å². The molecule has 2 unspecified atom stereocenters. The Morgan fingerprint density at radius 2 is 2.07 bits per heavy atom. The second kappa shape index (κ2) is 5.80. The SMILES string of the molecule is COC1(c2ccc(Cl)c(OP(=O)(O)O)c2)OOC12[C@@H]1CC3=C[C@H]2C[C@@H](C3)C1. The van der Waals surface area contributed by atoms with Gasteiger partial charge in [0, 0.05) is 24.5 Å². The van der Waals surface area contributed by atoms with Crippen LogP contribution in [0.2, 0.25) is 5.02 Å². The molecular formula is C18H20ClO7P. The van der Waals surface area contributed by atoms with Gasteiger partial charge in [-0.05, 0) is 43.7 Å². The third-order valence-corrected chi connectivity index (χ3v) is 7.23. The third kappa shape index (κ3) is 2.43. The first-order valence-corrected chi connectivity index (χ1v) is 10.8. The van der Waals surface area contributed by atoms with Crippen molar-refractivity contribution in [2.45, 2.75) is 37.1 Å². The van der Waals surface area contributed by atoms with Crippen LogP contribution >= 0.6 is 19.4 Å². The molecule has 4 aliphatic carbocycles. The minimum absolute atomic E-state index is 0.0924. The van der Waals surface area contributed by atoms with E-state index in [2.05, 4.69) is 6.08 Å². The molecule has 2 saturated carbocycles. The molecule has 4 bridgehead atoms. The van der Waals surface area contributed by atoms with Gasteiger partial charge in [0.05, 0.1) is 5.02 Å². The highest BCUT2D eigenvalue weighted by Gasteiger charge is 2.75. The van der Waals surface area contributed by atoms with Gasteiger partial charge in [0.1, 0.15) is 0 Å². The van der Waals surface area contributed by atoms with Crippen LogP contribution in [0.25, 0.3) is 0 Å². The van der Waals surface area contributed by atoms with Gasteiger partial charge in [-0.25, -0.2) is 9.45 Å². The van der Waals surface area contributed by atoms with E-state index in [1.807, 2.05) is 0 Å². The molecule has 0 amide bonds. The van der Waals surface area contributed by atoms with Crippen molar-refractivity contribution < 1.29 is 33.4 Å². The average Bonchev–Trinajstić information content (AvgIpc) is 2.56. The second-order valence-electron chi connectivity index (χ2n) is 7.88. The van der Waals surface area contributed by atoms with Gasteiger partial charge in [0.15, 0.2) is 11.4 Å². The van der Waals surface area contributed by atoms with Crippen LogP contribution in [-0.4, -0.2) is 22.5 Å². The fourth-order valence-electron chi connectivity index (χ4n) is 5.64. The average molecular weight is 415 g/mol. The van der Waals surface area contributed by atoms with Crippen LogP contribution in [0.4, 0.5) is 0 Å². The number of allylic oxidation sites excluding steroid dienone is 1. The summed E-state index contributed by atoms with van der Waals surface area (Å²) in [5, 5.41) is 0.0924. The van der Waals surface area contributed by atoms with E-state index in [0.717, 1.165) is 19.3 Å². The molecule has 3 fully saturated rings. The van der Waals surface area contributed by atoms with Gasteiger partial charge in [-0.3, -0.25) is 9.79 Å². The fraction of sp³-hybridized carbons (Fsp3) is 0.556. The van der Waals surface area contributed by atoms with Crippen molar-refractivity contribution >= 4 is 19.4 Å². The van der Waals surface area contributed by atoms with Gasteiger partial charge >= 0.3 is 7.82 Å². The molecule has 1 aromatic rings. The maximum absolute atomic E-state index is 11.3. The predicted molar refractivity (Wildman–Crippen MR) is 94.7 cm³/mol. The van der Waals surface area contributed by atoms with Crippen molar-refractivity contribution in [3.05, 3.63) is 40.4 Å². The van der Waals surface area contributed by atoms with E-state index in [4.69, 9.17) is 40.4 Å². The van der Waals surface area contributed by atoms with Gasteiger partial charge < -0.3 is 9.26 Å². The van der Waals surface area contributed by atoms with Crippen molar-refractivity contribution in [3.8, 4) is 5.75 Å². The summed E-state index contributed by atoms with van der Waals surface area (Å²) in [6.07, 6.45) is 6.51. The summed E-state index contributed by atoms with van der Waals surface area (Å²) in [6, 6.07) is 4.71. The summed E-state index contributed by atoms with van der Waals surface area (Å²) >= 11 is 6.06. The molecule has 9 heteroatoms. The van der Waals surface area contributed by atoms with Crippen molar-refractivity contribution in [3.63, 3.8) is 0 Å². The Kier molecular flexibility index (Phi) is 3.89. The molecule has 7 nitrogen and oxygen atoms in total. The molecule has 6 rings (SSSR count). The Morgan fingerprint density at radius 3 is 2.67 bits per heavy atom. The minimum Gasteiger partial charge on any atom is -0.403 e. The van der Waals surface area contributed by atoms with Crippen molar-refractivity contribution in [2.75, 3.05) is 7.11 Å². The predicted octanol–water partition coefficient (Wildman–Crippen LogP) is 3.69. The molecule has 1 heterocycles. The van der Waals surface area contributed by atoms with Crippen molar-refractivity contribution in [1.29, 1.82) is 0 Å². The lowest BCUT2D eigenvalue weighted by atomic mass is 9.50. The highest BCUT2D eigenvalue weighted by atomic mass is 35.5. The molecule has 1 spiro atoms. The zero-order valence-corrected chi connectivity index (χ0v) is 16.3. The molecule has 2 N–H and O–H groups in total. The van der Waals surface area contributed by atoms with Crippen molar-refractivity contribution in [2.24, 2.45) is 17.8 Å². The molecule has 0 aromatic heterocycles. The van der Waals surface area contributed by atoms with Gasteiger partial charge in [0.2, 0.25) is 0 Å². The highest BCUT2D eigenvalue weighted by molar-refractivity contribution is 7.46. The van der Waals surface area contributed by atoms with E-state index in [-0.39, 0.29) is 22.6 Å². The van der Waals surface area contributed by atoms with Gasteiger partial charge in [-0.15, -0.1) is 0 Å². The van der Waals surface area contributed by atoms with E-state index >= 15 is 0 Å². The largest absolute Gasteiger partial charge is 0.524 e. The smallest absolute Gasteiger partial charge is 0.403 e. The van der Waals surface area contributed by atoms with E-state index in [0.29, 0.717) is 11.5 Å². The van der Waals surface area contributed by atoms with Gasteiger partial charge in [-0.1, -0.05) is 29.3 Å². The summed E-state index contributed by atoms with van der Waals surface area (Å²) in [6.45, 7) is 0. The number of benzene rings is 1. The molecule has 1 aliphatic heterocycles. The Labute approximate surface area is 161 Å². The molecule has 1 aromatic carbocycles. The molecule has 27 heavy (non-hydrogen) atoms. The normalized spacial score (nSPS) is 39.4. The summed E-state index contributed by atoms with van der Waals surface area (Å²) < 4.78 is 21.9. The van der Waals surface area contributed by atoms with Crippen LogP contribution in [0.15, 0.2) is 29.8 Å². The second-order valence-corrected chi connectivity index (χ2v) is 9.45. The molecular weight excluding hydrogens is 395 g/mol. The zero-order valence-electron chi connectivity index (χ0n) is 14.6. The molecule has 5 aliphatic rings.